The Kier molecular flexibility index (Phi) is 4.32. The van der Waals surface area contributed by atoms with E-state index in [1.54, 1.807) is 37.5 Å². The molecule has 0 atom stereocenters. The molecule has 2 aromatic carbocycles. The number of rotatable bonds is 3. The van der Waals surface area contributed by atoms with Gasteiger partial charge in [-0.25, -0.2) is 0 Å². The third-order valence-electron chi connectivity index (χ3n) is 3.37. The number of nitrogens with zero attached hydrogens (tertiary/aromatic N) is 1. The van der Waals surface area contributed by atoms with Crippen molar-refractivity contribution < 1.29 is 9.53 Å². The van der Waals surface area contributed by atoms with Crippen LogP contribution >= 0.6 is 23.8 Å². The lowest BCUT2D eigenvalue weighted by Crippen LogP contribution is -2.30. The molecule has 23 heavy (non-hydrogen) atoms. The molecular formula is C17H13ClN2O2S. The fraction of sp³-hybridized carbons (Fsp3) is 0.0588. The highest BCUT2D eigenvalue weighted by atomic mass is 35.5. The van der Waals surface area contributed by atoms with Crippen LogP contribution in [0, 0.1) is 0 Å². The Bertz CT molecular complexity index is 802. The number of carbonyl (C=O) groups is 1. The molecule has 116 valence electrons. The van der Waals surface area contributed by atoms with Crippen LogP contribution in [0.2, 0.25) is 5.02 Å². The lowest BCUT2D eigenvalue weighted by atomic mass is 10.2. The lowest BCUT2D eigenvalue weighted by Gasteiger charge is -2.14. The first-order valence-electron chi connectivity index (χ1n) is 6.85. The van der Waals surface area contributed by atoms with E-state index in [4.69, 9.17) is 28.6 Å². The van der Waals surface area contributed by atoms with Crippen LogP contribution in [0.3, 0.4) is 0 Å². The topological polar surface area (TPSA) is 41.6 Å². The minimum atomic E-state index is -0.210. The van der Waals surface area contributed by atoms with E-state index >= 15 is 0 Å². The minimum absolute atomic E-state index is 0.210. The van der Waals surface area contributed by atoms with Gasteiger partial charge in [0.05, 0.1) is 12.8 Å². The summed E-state index contributed by atoms with van der Waals surface area (Å²) >= 11 is 11.2. The Morgan fingerprint density at radius 3 is 2.65 bits per heavy atom. The van der Waals surface area contributed by atoms with Gasteiger partial charge >= 0.3 is 0 Å². The van der Waals surface area contributed by atoms with Gasteiger partial charge in [-0.3, -0.25) is 9.69 Å². The molecule has 1 N–H and O–H groups in total. The summed E-state index contributed by atoms with van der Waals surface area (Å²) in [6, 6.07) is 14.4. The maximum atomic E-state index is 12.6. The van der Waals surface area contributed by atoms with Gasteiger partial charge in [0.1, 0.15) is 11.4 Å². The number of ether oxygens (including phenoxy) is 1. The number of anilines is 1. The molecule has 0 saturated carbocycles. The molecule has 1 saturated heterocycles. The number of carbonyl (C=O) groups excluding carboxylic acids is 1. The van der Waals surface area contributed by atoms with E-state index in [-0.39, 0.29) is 5.91 Å². The molecular weight excluding hydrogens is 332 g/mol. The summed E-state index contributed by atoms with van der Waals surface area (Å²) in [6.45, 7) is 0. The van der Waals surface area contributed by atoms with Crippen LogP contribution in [0.25, 0.3) is 6.08 Å². The third kappa shape index (κ3) is 3.21. The Labute approximate surface area is 144 Å². The maximum absolute atomic E-state index is 12.6. The van der Waals surface area contributed by atoms with E-state index in [1.165, 1.54) is 4.90 Å². The zero-order valence-corrected chi connectivity index (χ0v) is 13.8. The minimum Gasteiger partial charge on any atom is -0.497 e. The van der Waals surface area contributed by atoms with E-state index in [0.29, 0.717) is 27.3 Å². The fourth-order valence-corrected chi connectivity index (χ4v) is 2.67. The predicted octanol–water partition coefficient (Wildman–Crippen LogP) is 3.61. The number of amides is 1. The van der Waals surface area contributed by atoms with Crippen LogP contribution in [0.5, 0.6) is 5.75 Å². The molecule has 1 heterocycles. The number of thiocarbonyl (C=S) groups is 1. The monoisotopic (exact) mass is 344 g/mol. The van der Waals surface area contributed by atoms with E-state index in [9.17, 15) is 4.79 Å². The zero-order chi connectivity index (χ0) is 16.4. The van der Waals surface area contributed by atoms with Crippen LogP contribution in [0.1, 0.15) is 5.56 Å². The number of benzene rings is 2. The Balaban J connectivity index is 1.91. The molecule has 4 nitrogen and oxygen atoms in total. The van der Waals surface area contributed by atoms with Gasteiger partial charge in [0, 0.05) is 11.1 Å². The molecule has 0 spiro atoms. The standard InChI is InChI=1S/C17H13ClN2O2S/c1-22-14-4-2-3-13(10-14)20-16(21)15(19-17(20)23)9-11-5-7-12(18)8-6-11/h2-10H,1H3,(H,19,23)/b15-9-. The summed E-state index contributed by atoms with van der Waals surface area (Å²) < 4.78 is 5.19. The van der Waals surface area contributed by atoms with Crippen LogP contribution in [-0.2, 0) is 4.79 Å². The average molecular weight is 345 g/mol. The summed E-state index contributed by atoms with van der Waals surface area (Å²) in [7, 11) is 1.58. The number of halogens is 1. The molecule has 1 amide bonds. The Morgan fingerprint density at radius 1 is 1.22 bits per heavy atom. The van der Waals surface area contributed by atoms with Crippen molar-refractivity contribution in [1.29, 1.82) is 0 Å². The first-order valence-corrected chi connectivity index (χ1v) is 7.64. The molecule has 1 fully saturated rings. The van der Waals surface area contributed by atoms with Gasteiger partial charge in [-0.05, 0) is 48.1 Å². The summed E-state index contributed by atoms with van der Waals surface area (Å²) in [5.74, 6) is 0.450. The van der Waals surface area contributed by atoms with Gasteiger partial charge < -0.3 is 10.1 Å². The molecule has 6 heteroatoms. The highest BCUT2D eigenvalue weighted by Crippen LogP contribution is 2.26. The van der Waals surface area contributed by atoms with E-state index in [0.717, 1.165) is 5.56 Å². The molecule has 3 rings (SSSR count). The highest BCUT2D eigenvalue weighted by molar-refractivity contribution is 7.80. The third-order valence-corrected chi connectivity index (χ3v) is 3.91. The highest BCUT2D eigenvalue weighted by Gasteiger charge is 2.32. The van der Waals surface area contributed by atoms with Gasteiger partial charge in [0.25, 0.3) is 5.91 Å². The number of methoxy groups -OCH3 is 1. The first kappa shape index (κ1) is 15.5. The lowest BCUT2D eigenvalue weighted by molar-refractivity contribution is -0.113. The van der Waals surface area contributed by atoms with Crippen molar-refractivity contribution in [1.82, 2.24) is 5.32 Å². The normalized spacial score (nSPS) is 15.9. The SMILES string of the molecule is COc1cccc(N2C(=O)/C(=C/c3ccc(Cl)cc3)NC2=S)c1. The van der Waals surface area contributed by atoms with Gasteiger partial charge in [-0.15, -0.1) is 0 Å². The molecule has 1 aliphatic heterocycles. The van der Waals surface area contributed by atoms with Crippen LogP contribution < -0.4 is 15.0 Å². The fourth-order valence-electron chi connectivity index (χ4n) is 2.24. The van der Waals surface area contributed by atoms with Gasteiger partial charge in [-0.2, -0.15) is 0 Å². The largest absolute Gasteiger partial charge is 0.497 e. The molecule has 0 aliphatic carbocycles. The summed E-state index contributed by atoms with van der Waals surface area (Å²) in [5, 5.41) is 3.93. The second kappa shape index (κ2) is 6.40. The summed E-state index contributed by atoms with van der Waals surface area (Å²) in [4.78, 5) is 14.1. The summed E-state index contributed by atoms with van der Waals surface area (Å²) in [6.07, 6.45) is 1.74. The van der Waals surface area contributed by atoms with E-state index in [2.05, 4.69) is 5.32 Å². The van der Waals surface area contributed by atoms with Crippen molar-refractivity contribution in [2.45, 2.75) is 0 Å². The van der Waals surface area contributed by atoms with E-state index < -0.39 is 0 Å². The van der Waals surface area contributed by atoms with Crippen molar-refractivity contribution in [3.8, 4) is 5.75 Å². The van der Waals surface area contributed by atoms with Gasteiger partial charge in [0.15, 0.2) is 5.11 Å². The maximum Gasteiger partial charge on any atom is 0.281 e. The average Bonchev–Trinajstić information content (AvgIpc) is 2.83. The Morgan fingerprint density at radius 2 is 1.96 bits per heavy atom. The molecule has 0 aromatic heterocycles. The van der Waals surface area contributed by atoms with Crippen LogP contribution in [-0.4, -0.2) is 18.1 Å². The Hall–Kier alpha value is -2.37. The first-order chi connectivity index (χ1) is 11.1. The van der Waals surface area contributed by atoms with Crippen molar-refractivity contribution in [3.63, 3.8) is 0 Å². The van der Waals surface area contributed by atoms with Crippen LogP contribution in [0.15, 0.2) is 54.2 Å². The van der Waals surface area contributed by atoms with Crippen molar-refractivity contribution in [3.05, 3.63) is 64.8 Å². The smallest absolute Gasteiger partial charge is 0.281 e. The molecule has 0 radical (unpaired) electrons. The molecule has 0 unspecified atom stereocenters. The molecule has 2 aromatic rings. The number of hydrogen-bond donors (Lipinski definition) is 1. The summed E-state index contributed by atoms with van der Waals surface area (Å²) in [5.41, 5.74) is 1.94. The predicted molar refractivity (Wildman–Crippen MR) is 95.6 cm³/mol. The molecule has 1 aliphatic rings. The zero-order valence-electron chi connectivity index (χ0n) is 12.2. The van der Waals surface area contributed by atoms with Crippen molar-refractivity contribution >= 4 is 46.6 Å². The second-order valence-corrected chi connectivity index (χ2v) is 5.70. The van der Waals surface area contributed by atoms with Gasteiger partial charge in [-0.1, -0.05) is 29.8 Å². The quantitative estimate of drug-likeness (QED) is 0.682. The second-order valence-electron chi connectivity index (χ2n) is 4.88. The van der Waals surface area contributed by atoms with E-state index in [1.807, 2.05) is 24.3 Å². The van der Waals surface area contributed by atoms with Crippen LogP contribution in [0.4, 0.5) is 5.69 Å². The molecule has 0 bridgehead atoms. The van der Waals surface area contributed by atoms with Gasteiger partial charge in [0.2, 0.25) is 0 Å². The van der Waals surface area contributed by atoms with Crippen molar-refractivity contribution in [2.75, 3.05) is 12.0 Å². The van der Waals surface area contributed by atoms with Crippen molar-refractivity contribution in [2.24, 2.45) is 0 Å². The number of hydrogen-bond acceptors (Lipinski definition) is 3. The number of nitrogens with one attached hydrogen (secondary N) is 1.